The molecule has 0 aromatic heterocycles. The van der Waals surface area contributed by atoms with E-state index >= 15 is 0 Å². The highest BCUT2D eigenvalue weighted by molar-refractivity contribution is 6.30. The van der Waals surface area contributed by atoms with Gasteiger partial charge in [-0.25, -0.2) is 4.79 Å². The fourth-order valence-electron chi connectivity index (χ4n) is 3.48. The molecule has 31 heavy (non-hydrogen) atoms. The summed E-state index contributed by atoms with van der Waals surface area (Å²) in [5.74, 6) is 0.240. The summed E-state index contributed by atoms with van der Waals surface area (Å²) in [5, 5.41) is 0.730. The number of halogens is 1. The number of nitrogens with zero attached hydrogens (tertiary/aromatic N) is 2. The zero-order valence-electron chi connectivity index (χ0n) is 17.8. The van der Waals surface area contributed by atoms with E-state index in [4.69, 9.17) is 21.1 Å². The lowest BCUT2D eigenvalue weighted by molar-refractivity contribution is -0.142. The Morgan fingerprint density at radius 1 is 0.968 bits per heavy atom. The Hall–Kier alpha value is -2.77. The molecule has 2 aromatic carbocycles. The summed E-state index contributed by atoms with van der Waals surface area (Å²) < 4.78 is 15.3. The summed E-state index contributed by atoms with van der Waals surface area (Å²) in [6.07, 6.45) is 0.900. The molecule has 8 heteroatoms. The van der Waals surface area contributed by atoms with E-state index in [9.17, 15) is 9.59 Å². The molecule has 166 valence electrons. The SMILES string of the molecule is COC(=O)COc1ccc(C(=O)N2CCCN(Cc3ccc(Cl)cc3)CC2)cc1OC. The lowest BCUT2D eigenvalue weighted by atomic mass is 10.1. The van der Waals surface area contributed by atoms with Crippen molar-refractivity contribution in [1.29, 1.82) is 0 Å². The number of ether oxygens (including phenoxy) is 3. The van der Waals surface area contributed by atoms with Crippen molar-refractivity contribution in [2.24, 2.45) is 0 Å². The van der Waals surface area contributed by atoms with E-state index in [1.807, 2.05) is 29.2 Å². The summed E-state index contributed by atoms with van der Waals surface area (Å²) in [4.78, 5) is 28.6. The molecule has 0 aliphatic carbocycles. The first kappa shape index (κ1) is 22.9. The lowest BCUT2D eigenvalue weighted by Gasteiger charge is -2.22. The molecule has 0 saturated carbocycles. The minimum atomic E-state index is -0.491. The Morgan fingerprint density at radius 2 is 1.74 bits per heavy atom. The van der Waals surface area contributed by atoms with Gasteiger partial charge < -0.3 is 19.1 Å². The van der Waals surface area contributed by atoms with Crippen LogP contribution in [0.15, 0.2) is 42.5 Å². The van der Waals surface area contributed by atoms with Crippen molar-refractivity contribution in [2.45, 2.75) is 13.0 Å². The van der Waals surface area contributed by atoms with Gasteiger partial charge in [-0.15, -0.1) is 0 Å². The van der Waals surface area contributed by atoms with Gasteiger partial charge in [-0.3, -0.25) is 9.69 Å². The molecule has 1 heterocycles. The van der Waals surface area contributed by atoms with Crippen LogP contribution in [0.4, 0.5) is 0 Å². The number of hydrogen-bond acceptors (Lipinski definition) is 6. The van der Waals surface area contributed by atoms with Gasteiger partial charge in [0.05, 0.1) is 14.2 Å². The number of amides is 1. The smallest absolute Gasteiger partial charge is 0.343 e. The van der Waals surface area contributed by atoms with Crippen LogP contribution in [0.5, 0.6) is 11.5 Å². The molecule has 7 nitrogen and oxygen atoms in total. The van der Waals surface area contributed by atoms with E-state index in [1.54, 1.807) is 18.2 Å². The van der Waals surface area contributed by atoms with Gasteiger partial charge in [0.1, 0.15) is 0 Å². The quantitative estimate of drug-likeness (QED) is 0.608. The average molecular weight is 447 g/mol. The molecule has 1 aliphatic heterocycles. The Kier molecular flexibility index (Phi) is 8.14. The van der Waals surface area contributed by atoms with Crippen LogP contribution in [0, 0.1) is 0 Å². The molecule has 0 bridgehead atoms. The van der Waals surface area contributed by atoms with Crippen molar-refractivity contribution >= 4 is 23.5 Å². The third-order valence-electron chi connectivity index (χ3n) is 5.18. The van der Waals surface area contributed by atoms with Gasteiger partial charge in [0.25, 0.3) is 5.91 Å². The Bertz CT molecular complexity index is 903. The minimum Gasteiger partial charge on any atom is -0.493 e. The lowest BCUT2D eigenvalue weighted by Crippen LogP contribution is -2.35. The van der Waals surface area contributed by atoms with Crippen LogP contribution in [-0.4, -0.2) is 68.7 Å². The van der Waals surface area contributed by atoms with E-state index in [0.717, 1.165) is 31.1 Å². The highest BCUT2D eigenvalue weighted by Gasteiger charge is 2.22. The summed E-state index contributed by atoms with van der Waals surface area (Å²) in [6.45, 7) is 3.67. The first-order valence-electron chi connectivity index (χ1n) is 10.1. The van der Waals surface area contributed by atoms with E-state index in [1.165, 1.54) is 19.8 Å². The van der Waals surface area contributed by atoms with Crippen molar-refractivity contribution in [3.05, 3.63) is 58.6 Å². The standard InChI is InChI=1S/C23H27ClN2O5/c1-29-21-14-18(6-9-20(21)31-16-22(27)30-2)23(28)26-11-3-10-25(12-13-26)15-17-4-7-19(24)8-5-17/h4-9,14H,3,10-13,15-16H2,1-2H3. The van der Waals surface area contributed by atoms with Crippen molar-refractivity contribution in [3.8, 4) is 11.5 Å². The predicted octanol–water partition coefficient (Wildman–Crippen LogP) is 3.25. The summed E-state index contributed by atoms with van der Waals surface area (Å²) in [6, 6.07) is 12.8. The average Bonchev–Trinajstić information content (AvgIpc) is 3.03. The number of carbonyl (C=O) groups is 2. The fourth-order valence-corrected chi connectivity index (χ4v) is 3.60. The maximum Gasteiger partial charge on any atom is 0.343 e. The zero-order chi connectivity index (χ0) is 22.2. The molecule has 1 aliphatic rings. The van der Waals surface area contributed by atoms with Gasteiger partial charge in [0, 0.05) is 43.3 Å². The second-order valence-corrected chi connectivity index (χ2v) is 7.72. The van der Waals surface area contributed by atoms with E-state index < -0.39 is 5.97 Å². The number of hydrogen-bond donors (Lipinski definition) is 0. The van der Waals surface area contributed by atoms with E-state index in [2.05, 4.69) is 9.64 Å². The second-order valence-electron chi connectivity index (χ2n) is 7.28. The number of rotatable bonds is 7. The van der Waals surface area contributed by atoms with Crippen molar-refractivity contribution in [3.63, 3.8) is 0 Å². The molecule has 0 N–H and O–H groups in total. The Labute approximate surface area is 187 Å². The van der Waals surface area contributed by atoms with Crippen molar-refractivity contribution < 1.29 is 23.8 Å². The zero-order valence-corrected chi connectivity index (χ0v) is 18.6. The van der Waals surface area contributed by atoms with Crippen LogP contribution in [-0.2, 0) is 16.1 Å². The van der Waals surface area contributed by atoms with Crippen molar-refractivity contribution in [2.75, 3.05) is 47.0 Å². The Morgan fingerprint density at radius 3 is 2.45 bits per heavy atom. The van der Waals surface area contributed by atoms with E-state index in [0.29, 0.717) is 30.2 Å². The number of carbonyl (C=O) groups excluding carboxylic acids is 2. The molecule has 0 radical (unpaired) electrons. The van der Waals surface area contributed by atoms with Crippen LogP contribution in [0.25, 0.3) is 0 Å². The van der Waals surface area contributed by atoms with Crippen LogP contribution < -0.4 is 9.47 Å². The molecule has 1 amide bonds. The summed E-state index contributed by atoms with van der Waals surface area (Å²) in [5.41, 5.74) is 1.73. The molecular formula is C23H27ClN2O5. The molecule has 1 fully saturated rings. The fraction of sp³-hybridized carbons (Fsp3) is 0.391. The highest BCUT2D eigenvalue weighted by atomic mass is 35.5. The van der Waals surface area contributed by atoms with Gasteiger partial charge >= 0.3 is 5.97 Å². The second kappa shape index (κ2) is 11.0. The topological polar surface area (TPSA) is 68.3 Å². The van der Waals surface area contributed by atoms with Gasteiger partial charge in [-0.05, 0) is 42.3 Å². The predicted molar refractivity (Wildman–Crippen MR) is 118 cm³/mol. The van der Waals surface area contributed by atoms with Crippen LogP contribution in [0.2, 0.25) is 5.02 Å². The maximum atomic E-state index is 13.1. The molecule has 0 unspecified atom stereocenters. The third kappa shape index (κ3) is 6.35. The molecule has 0 atom stereocenters. The van der Waals surface area contributed by atoms with Gasteiger partial charge in [-0.1, -0.05) is 23.7 Å². The molecule has 2 aromatic rings. The molecular weight excluding hydrogens is 420 g/mol. The van der Waals surface area contributed by atoms with Crippen LogP contribution in [0.3, 0.4) is 0 Å². The van der Waals surface area contributed by atoms with Crippen LogP contribution >= 0.6 is 11.6 Å². The third-order valence-corrected chi connectivity index (χ3v) is 5.43. The molecule has 0 spiro atoms. The monoisotopic (exact) mass is 446 g/mol. The van der Waals surface area contributed by atoms with E-state index in [-0.39, 0.29) is 12.5 Å². The van der Waals surface area contributed by atoms with Crippen molar-refractivity contribution in [1.82, 2.24) is 9.80 Å². The number of methoxy groups -OCH3 is 2. The van der Waals surface area contributed by atoms with Gasteiger partial charge in [-0.2, -0.15) is 0 Å². The van der Waals surface area contributed by atoms with Gasteiger partial charge in [0.15, 0.2) is 18.1 Å². The van der Waals surface area contributed by atoms with Crippen LogP contribution in [0.1, 0.15) is 22.3 Å². The summed E-state index contributed by atoms with van der Waals surface area (Å²) in [7, 11) is 2.79. The normalized spacial score (nSPS) is 14.6. The number of benzene rings is 2. The summed E-state index contributed by atoms with van der Waals surface area (Å²) >= 11 is 5.97. The first-order valence-corrected chi connectivity index (χ1v) is 10.5. The minimum absolute atomic E-state index is 0.0499. The first-order chi connectivity index (χ1) is 15.0. The largest absolute Gasteiger partial charge is 0.493 e. The molecule has 1 saturated heterocycles. The molecule has 3 rings (SSSR count). The highest BCUT2D eigenvalue weighted by Crippen LogP contribution is 2.29. The number of esters is 1. The van der Waals surface area contributed by atoms with Gasteiger partial charge in [0.2, 0.25) is 0 Å². The Balaban J connectivity index is 1.61. The maximum absolute atomic E-state index is 13.1.